The van der Waals surface area contributed by atoms with Gasteiger partial charge in [0, 0.05) is 0 Å². The zero-order valence-corrected chi connectivity index (χ0v) is 3.97. The predicted molar refractivity (Wildman–Crippen MR) is 17.8 cm³/mol. The van der Waals surface area contributed by atoms with Crippen molar-refractivity contribution in [2.45, 2.75) is 18.8 Å². The molecule has 0 saturated carbocycles. The quantitative estimate of drug-likeness (QED) is 0.469. The molecule has 0 N–H and O–H groups in total. The van der Waals surface area contributed by atoms with Crippen molar-refractivity contribution in [2.24, 2.45) is 0 Å². The van der Waals surface area contributed by atoms with Crippen LogP contribution in [-0.4, -0.2) is 12.4 Å². The van der Waals surface area contributed by atoms with Crippen molar-refractivity contribution < 1.29 is 27.8 Å². The maximum Gasteiger partial charge on any atom is 0.397 e. The third-order valence-electron chi connectivity index (χ3n) is 0.401. The highest BCUT2D eigenvalue weighted by molar-refractivity contribution is 4.57. The maximum absolute atomic E-state index is 10.8. The summed E-state index contributed by atoms with van der Waals surface area (Å²) in [5.41, 5.74) is 0. The van der Waals surface area contributed by atoms with Crippen molar-refractivity contribution in [2.75, 3.05) is 0 Å². The van der Waals surface area contributed by atoms with E-state index in [1.54, 1.807) is 0 Å². The van der Waals surface area contributed by atoms with E-state index in [1.807, 2.05) is 0 Å². The van der Waals surface area contributed by atoms with Crippen LogP contribution in [0.1, 0.15) is 7.85 Å². The Bertz CT molecular complexity index is 78.1. The van der Waals surface area contributed by atoms with E-state index in [1.165, 1.54) is 0 Å². The molecule has 0 saturated heterocycles. The molecule has 0 rings (SSSR count). The van der Waals surface area contributed by atoms with E-state index in [2.05, 4.69) is 0 Å². The predicted octanol–water partition coefficient (Wildman–Crippen LogP) is 2.61. The largest absolute Gasteiger partial charge is 1.00 e. The summed E-state index contributed by atoms with van der Waals surface area (Å²) in [4.78, 5) is 0. The van der Waals surface area contributed by atoms with E-state index in [0.29, 0.717) is 0 Å². The maximum atomic E-state index is 10.8. The van der Waals surface area contributed by atoms with Crippen molar-refractivity contribution >= 4 is 0 Å². The van der Waals surface area contributed by atoms with Gasteiger partial charge in [-0.05, 0) is 0 Å². The normalized spacial score (nSPS) is 14.0. The molecule has 0 aromatic heterocycles. The molecule has 0 aliphatic carbocycles. The van der Waals surface area contributed by atoms with Crippen LogP contribution in [0.25, 0.3) is 0 Å². The Labute approximate surface area is 47.9 Å². The molecule has 0 atom stereocenters. The highest BCUT2D eigenvalue weighted by atomic mass is 19.4. The molecule has 6 heteroatoms. The van der Waals surface area contributed by atoms with E-state index >= 15 is 0 Å². The summed E-state index contributed by atoms with van der Waals surface area (Å²) < 4.78 is 65.0. The van der Waals surface area contributed by atoms with Crippen LogP contribution in [0.4, 0.5) is 26.3 Å². The van der Waals surface area contributed by atoms with Gasteiger partial charge in [-0.2, -0.15) is 26.3 Å². The van der Waals surface area contributed by atoms with Gasteiger partial charge in [-0.25, -0.2) is 0 Å². The van der Waals surface area contributed by atoms with Crippen molar-refractivity contribution in [3.63, 3.8) is 0 Å². The average molecular weight is 153 g/mol. The van der Waals surface area contributed by atoms with E-state index in [0.717, 1.165) is 0 Å². The lowest BCUT2D eigenvalue weighted by Crippen LogP contribution is -2.20. The molecule has 0 aliphatic rings. The second-order valence-electron chi connectivity index (χ2n) is 1.41. The van der Waals surface area contributed by atoms with Crippen molar-refractivity contribution in [3.05, 3.63) is 0 Å². The first kappa shape index (κ1) is 8.58. The molecule has 0 radical (unpaired) electrons. The first-order valence-corrected chi connectivity index (χ1v) is 1.84. The van der Waals surface area contributed by atoms with E-state index in [4.69, 9.17) is 0 Å². The monoisotopic (exact) mass is 153 g/mol. The van der Waals surface area contributed by atoms with Gasteiger partial charge in [0.1, 0.15) is 6.42 Å². The number of rotatable bonds is 0. The summed E-state index contributed by atoms with van der Waals surface area (Å²) in [5, 5.41) is 0. The lowest BCUT2D eigenvalue weighted by Gasteiger charge is -2.08. The van der Waals surface area contributed by atoms with Gasteiger partial charge in [-0.1, -0.05) is 0 Å². The van der Waals surface area contributed by atoms with Gasteiger partial charge in [-0.15, -0.1) is 0 Å². The van der Waals surface area contributed by atoms with Crippen LogP contribution >= 0.6 is 0 Å². The number of hydrogen-bond acceptors (Lipinski definition) is 0. The molecular formula is C3H3F6-. The molecule has 0 unspecified atom stereocenters. The third-order valence-corrected chi connectivity index (χ3v) is 0.401. The third kappa shape index (κ3) is 7.58. The lowest BCUT2D eigenvalue weighted by molar-refractivity contribution is -0.232. The Balaban J connectivity index is 0. The molecule has 0 heterocycles. The summed E-state index contributed by atoms with van der Waals surface area (Å²) in [5.74, 6) is 0. The van der Waals surface area contributed by atoms with Gasteiger partial charge in [0.15, 0.2) is 0 Å². The fraction of sp³-hybridized carbons (Fsp3) is 1.00. The van der Waals surface area contributed by atoms with Crippen LogP contribution in [0.5, 0.6) is 0 Å². The van der Waals surface area contributed by atoms with E-state index in [9.17, 15) is 26.3 Å². The topological polar surface area (TPSA) is 0 Å². The van der Waals surface area contributed by atoms with Gasteiger partial charge in [-0.3, -0.25) is 0 Å². The highest BCUT2D eigenvalue weighted by Gasteiger charge is 2.43. The van der Waals surface area contributed by atoms with Crippen LogP contribution in [0.3, 0.4) is 0 Å². The smallest absolute Gasteiger partial charge is 0.397 e. The van der Waals surface area contributed by atoms with Gasteiger partial charge >= 0.3 is 12.4 Å². The summed E-state index contributed by atoms with van der Waals surface area (Å²) in [6.45, 7) is 0. The first-order valence-electron chi connectivity index (χ1n) is 1.84. The van der Waals surface area contributed by atoms with Crippen LogP contribution in [0.2, 0.25) is 0 Å². The van der Waals surface area contributed by atoms with Crippen molar-refractivity contribution in [1.29, 1.82) is 0 Å². The van der Waals surface area contributed by atoms with Crippen LogP contribution in [-0.2, 0) is 0 Å². The number of alkyl halides is 6. The standard InChI is InChI=1S/C3H2F6.H/c4-2(5,6)1-3(7,8)9;/h1H2;/q;-1. The molecule has 0 spiro atoms. The summed E-state index contributed by atoms with van der Waals surface area (Å²) in [6.07, 6.45) is -13.0. The summed E-state index contributed by atoms with van der Waals surface area (Å²) >= 11 is 0. The molecule has 0 amide bonds. The lowest BCUT2D eigenvalue weighted by atomic mass is 10.4. The van der Waals surface area contributed by atoms with Crippen LogP contribution < -0.4 is 0 Å². The Morgan fingerprint density at radius 3 is 1.00 bits per heavy atom. The molecule has 0 nitrogen and oxygen atoms in total. The minimum absolute atomic E-state index is 0. The Morgan fingerprint density at radius 2 is 1.00 bits per heavy atom. The number of halogens is 6. The molecule has 0 bridgehead atoms. The van der Waals surface area contributed by atoms with Gasteiger partial charge in [0.25, 0.3) is 0 Å². The summed E-state index contributed by atoms with van der Waals surface area (Å²) in [7, 11) is 0. The molecule has 58 valence electrons. The fourth-order valence-corrected chi connectivity index (χ4v) is 0.227. The molecule has 0 aromatic carbocycles. The van der Waals surface area contributed by atoms with Crippen LogP contribution in [0, 0.1) is 0 Å². The molecule has 0 aromatic rings. The second kappa shape index (κ2) is 2.07. The molecule has 9 heavy (non-hydrogen) atoms. The minimum atomic E-state index is -5.14. The van der Waals surface area contributed by atoms with Gasteiger partial charge < -0.3 is 1.43 Å². The average Bonchev–Trinajstić information content (AvgIpc) is 1.14. The SMILES string of the molecule is FC(F)(F)CC(F)(F)F.[H-]. The van der Waals surface area contributed by atoms with Crippen molar-refractivity contribution in [1.82, 2.24) is 0 Å². The summed E-state index contributed by atoms with van der Waals surface area (Å²) in [6, 6.07) is 0. The van der Waals surface area contributed by atoms with Crippen molar-refractivity contribution in [3.8, 4) is 0 Å². The van der Waals surface area contributed by atoms with Gasteiger partial charge in [0.2, 0.25) is 0 Å². The first-order chi connectivity index (χ1) is 3.71. The number of hydrogen-bond donors (Lipinski definition) is 0. The Hall–Kier alpha value is -0.420. The Kier molecular flexibility index (Phi) is 1.98. The van der Waals surface area contributed by atoms with E-state index < -0.39 is 18.8 Å². The molecule has 0 fully saturated rings. The van der Waals surface area contributed by atoms with Crippen LogP contribution in [0.15, 0.2) is 0 Å². The minimum Gasteiger partial charge on any atom is -1.00 e. The molecular weight excluding hydrogens is 150 g/mol. The zero-order chi connectivity index (χ0) is 7.71. The zero-order valence-electron chi connectivity index (χ0n) is 4.97. The second-order valence-corrected chi connectivity index (χ2v) is 1.41. The molecule has 0 aliphatic heterocycles. The highest BCUT2D eigenvalue weighted by Crippen LogP contribution is 2.31. The Morgan fingerprint density at radius 1 is 0.778 bits per heavy atom. The van der Waals surface area contributed by atoms with E-state index in [-0.39, 0.29) is 1.43 Å². The van der Waals surface area contributed by atoms with Gasteiger partial charge in [0.05, 0.1) is 0 Å². The fourth-order valence-electron chi connectivity index (χ4n) is 0.227.